The van der Waals surface area contributed by atoms with E-state index >= 15 is 0 Å². The fraction of sp³-hybridized carbons (Fsp3) is 0.282. The van der Waals surface area contributed by atoms with E-state index in [1.807, 2.05) is 69.8 Å². The van der Waals surface area contributed by atoms with Crippen molar-refractivity contribution in [3.8, 4) is 16.9 Å². The number of halogens is 2. The van der Waals surface area contributed by atoms with E-state index in [1.54, 1.807) is 17.0 Å². The summed E-state index contributed by atoms with van der Waals surface area (Å²) in [5, 5.41) is 17.3. The van der Waals surface area contributed by atoms with E-state index in [2.05, 4.69) is 16.5 Å². The van der Waals surface area contributed by atoms with Crippen LogP contribution in [0.15, 0.2) is 54.7 Å². The largest absolute Gasteiger partial charge is 0.494 e. The number of hydrogen-bond acceptors (Lipinski definition) is 5. The van der Waals surface area contributed by atoms with Crippen molar-refractivity contribution in [1.29, 1.82) is 0 Å². The van der Waals surface area contributed by atoms with Gasteiger partial charge in [-0.15, -0.1) is 0 Å². The summed E-state index contributed by atoms with van der Waals surface area (Å²) >= 11 is 13.4. The average Bonchev–Trinajstić information content (AvgIpc) is 3.55. The van der Waals surface area contributed by atoms with Gasteiger partial charge in [0, 0.05) is 58.4 Å². The van der Waals surface area contributed by atoms with E-state index < -0.39 is 5.97 Å². The number of carbonyl (C=O) groups excluding carboxylic acids is 1. The van der Waals surface area contributed by atoms with Crippen molar-refractivity contribution >= 4 is 62.6 Å². The van der Waals surface area contributed by atoms with E-state index in [4.69, 9.17) is 33.0 Å². The van der Waals surface area contributed by atoms with E-state index in [-0.39, 0.29) is 17.5 Å². The Morgan fingerprint density at radius 2 is 1.76 bits per heavy atom. The van der Waals surface area contributed by atoms with Gasteiger partial charge in [0.05, 0.1) is 39.6 Å². The van der Waals surface area contributed by atoms with Gasteiger partial charge in [0.25, 0.3) is 5.91 Å². The van der Waals surface area contributed by atoms with Crippen molar-refractivity contribution < 1.29 is 19.4 Å². The Kier molecular flexibility index (Phi) is 8.60. The highest BCUT2D eigenvalue weighted by Crippen LogP contribution is 2.45. The molecular formula is C39H37Cl2N5O4. The molecule has 0 saturated carbocycles. The van der Waals surface area contributed by atoms with E-state index in [0.29, 0.717) is 53.3 Å². The molecule has 0 fully saturated rings. The number of amides is 1. The summed E-state index contributed by atoms with van der Waals surface area (Å²) in [5.74, 6) is -0.479. The molecule has 9 nitrogen and oxygen atoms in total. The Morgan fingerprint density at radius 1 is 1.02 bits per heavy atom. The zero-order chi connectivity index (χ0) is 35.6. The summed E-state index contributed by atoms with van der Waals surface area (Å²) in [6.45, 7) is 10.8. The molecule has 4 heterocycles. The fourth-order valence-electron chi connectivity index (χ4n) is 7.50. The molecule has 0 radical (unpaired) electrons. The lowest BCUT2D eigenvalue weighted by atomic mass is 9.98. The van der Waals surface area contributed by atoms with Crippen LogP contribution in [0, 0.1) is 27.7 Å². The summed E-state index contributed by atoms with van der Waals surface area (Å²) in [6.07, 6.45) is 2.70. The van der Waals surface area contributed by atoms with Gasteiger partial charge in [-0.1, -0.05) is 41.4 Å². The standard InChI is InChI=1S/C39H37Cl2N5O4/c1-20-17-25(18-21(2)34(20)41)50-16-8-10-27-28-12-13-30(40)33(32-23(4)43-44(6)24(32)5)36(28)46-22(3)19-45(38(47)37(27)46)31-11-7-9-26-29(39(48)49)14-15-42-35(26)31/h7,9,11-15,17-18,22H,8,10,16,19H2,1-6H3,(H,48,49)/t22-/m1/s1. The molecule has 1 atom stereocenters. The zero-order valence-electron chi connectivity index (χ0n) is 28.8. The molecule has 1 amide bonds. The van der Waals surface area contributed by atoms with Gasteiger partial charge >= 0.3 is 5.97 Å². The minimum Gasteiger partial charge on any atom is -0.494 e. The van der Waals surface area contributed by atoms with Gasteiger partial charge in [0.1, 0.15) is 11.4 Å². The predicted octanol–water partition coefficient (Wildman–Crippen LogP) is 9.06. The second-order valence-electron chi connectivity index (χ2n) is 13.1. The Bertz CT molecular complexity index is 2350. The van der Waals surface area contributed by atoms with Crippen LogP contribution < -0.4 is 9.64 Å². The van der Waals surface area contributed by atoms with Gasteiger partial charge < -0.3 is 19.3 Å². The van der Waals surface area contributed by atoms with Crippen LogP contribution in [-0.2, 0) is 13.5 Å². The number of ether oxygens (including phenoxy) is 1. The molecule has 0 saturated heterocycles. The summed E-state index contributed by atoms with van der Waals surface area (Å²) in [4.78, 5) is 33.3. The van der Waals surface area contributed by atoms with Crippen LogP contribution in [0.2, 0.25) is 10.0 Å². The Labute approximate surface area is 300 Å². The predicted molar refractivity (Wildman–Crippen MR) is 198 cm³/mol. The van der Waals surface area contributed by atoms with Crippen LogP contribution in [0.1, 0.15) is 68.3 Å². The monoisotopic (exact) mass is 709 g/mol. The molecule has 0 spiro atoms. The Morgan fingerprint density at radius 3 is 2.44 bits per heavy atom. The number of benzene rings is 3. The van der Waals surface area contributed by atoms with Crippen LogP contribution in [0.4, 0.5) is 5.69 Å². The first kappa shape index (κ1) is 33.6. The van der Waals surface area contributed by atoms with Crippen molar-refractivity contribution in [2.24, 2.45) is 7.05 Å². The van der Waals surface area contributed by atoms with Gasteiger partial charge in [-0.3, -0.25) is 14.5 Å². The fourth-order valence-corrected chi connectivity index (χ4v) is 7.86. The van der Waals surface area contributed by atoms with Crippen molar-refractivity contribution in [2.75, 3.05) is 18.1 Å². The Hall–Kier alpha value is -4.86. The number of aromatic carboxylic acids is 1. The first-order valence-electron chi connectivity index (χ1n) is 16.6. The zero-order valence-corrected chi connectivity index (χ0v) is 30.3. The number of anilines is 1. The summed E-state index contributed by atoms with van der Waals surface area (Å²) in [6, 6.07) is 14.5. The summed E-state index contributed by atoms with van der Waals surface area (Å²) < 4.78 is 10.2. The van der Waals surface area contributed by atoms with Gasteiger partial charge in [-0.05, 0) is 94.5 Å². The number of fused-ring (bicyclic) bond motifs is 4. The third kappa shape index (κ3) is 5.40. The first-order valence-corrected chi connectivity index (χ1v) is 17.3. The smallest absolute Gasteiger partial charge is 0.336 e. The third-order valence-electron chi connectivity index (χ3n) is 9.83. The Balaban J connectivity index is 1.38. The SMILES string of the molecule is Cc1cc(OCCCc2c3n(c4c(-c5c(C)nn(C)c5C)c(Cl)ccc24)[C@H](C)CN(c2cccc4c(C(=O)O)ccnc24)C3=O)cc(C)c1Cl. The van der Waals surface area contributed by atoms with Crippen LogP contribution in [0.25, 0.3) is 32.9 Å². The highest BCUT2D eigenvalue weighted by Gasteiger charge is 2.37. The molecule has 1 aliphatic heterocycles. The van der Waals surface area contributed by atoms with Crippen molar-refractivity contribution in [2.45, 2.75) is 53.5 Å². The molecule has 50 heavy (non-hydrogen) atoms. The van der Waals surface area contributed by atoms with E-state index in [9.17, 15) is 14.7 Å². The normalized spacial score (nSPS) is 14.5. The molecular weight excluding hydrogens is 673 g/mol. The topological polar surface area (TPSA) is 102 Å². The maximum Gasteiger partial charge on any atom is 0.336 e. The number of carboxylic acid groups (broad SMARTS) is 1. The van der Waals surface area contributed by atoms with Gasteiger partial charge in [0.15, 0.2) is 0 Å². The number of para-hydroxylation sites is 1. The second kappa shape index (κ2) is 12.8. The highest BCUT2D eigenvalue weighted by atomic mass is 35.5. The lowest BCUT2D eigenvalue weighted by Crippen LogP contribution is -2.42. The molecule has 1 N–H and O–H groups in total. The average molecular weight is 711 g/mol. The molecule has 6 aromatic rings. The minimum absolute atomic E-state index is 0.136. The van der Waals surface area contributed by atoms with Gasteiger partial charge in [-0.2, -0.15) is 5.10 Å². The summed E-state index contributed by atoms with van der Waals surface area (Å²) in [7, 11) is 1.92. The lowest BCUT2D eigenvalue weighted by Gasteiger charge is -2.34. The molecule has 3 aromatic heterocycles. The van der Waals surface area contributed by atoms with Crippen molar-refractivity contribution in [3.63, 3.8) is 0 Å². The molecule has 1 aliphatic rings. The van der Waals surface area contributed by atoms with E-state index in [0.717, 1.165) is 60.9 Å². The van der Waals surface area contributed by atoms with Gasteiger partial charge in [-0.25, -0.2) is 4.79 Å². The molecule has 256 valence electrons. The number of pyridine rings is 1. The highest BCUT2D eigenvalue weighted by molar-refractivity contribution is 6.35. The number of carbonyl (C=O) groups is 2. The van der Waals surface area contributed by atoms with Crippen molar-refractivity contribution in [1.82, 2.24) is 19.3 Å². The molecule has 0 unspecified atom stereocenters. The second-order valence-corrected chi connectivity index (χ2v) is 13.9. The quantitative estimate of drug-likeness (QED) is 0.158. The van der Waals surface area contributed by atoms with E-state index in [1.165, 1.54) is 12.3 Å². The number of hydrogen-bond donors (Lipinski definition) is 1. The van der Waals surface area contributed by atoms with Crippen LogP contribution in [0.3, 0.4) is 0 Å². The lowest BCUT2D eigenvalue weighted by molar-refractivity contribution is 0.0698. The minimum atomic E-state index is -1.05. The molecule has 0 aliphatic carbocycles. The molecule has 0 bridgehead atoms. The van der Waals surface area contributed by atoms with Crippen LogP contribution in [0.5, 0.6) is 5.75 Å². The third-order valence-corrected chi connectivity index (χ3v) is 10.7. The van der Waals surface area contributed by atoms with Crippen LogP contribution in [-0.4, -0.2) is 49.5 Å². The molecule has 11 heteroatoms. The molecule has 7 rings (SSSR count). The van der Waals surface area contributed by atoms with Gasteiger partial charge in [0.2, 0.25) is 0 Å². The maximum atomic E-state index is 14.9. The summed E-state index contributed by atoms with van der Waals surface area (Å²) in [5.41, 5.74) is 9.10. The van der Waals surface area contributed by atoms with Crippen LogP contribution >= 0.6 is 23.2 Å². The number of carboxylic acids is 1. The van der Waals surface area contributed by atoms with Crippen molar-refractivity contribution in [3.05, 3.63) is 104 Å². The first-order chi connectivity index (χ1) is 23.9. The number of aromatic nitrogens is 4. The molecule has 3 aromatic carbocycles. The number of nitrogens with zero attached hydrogens (tertiary/aromatic N) is 5. The number of aryl methyl sites for hydroxylation is 5. The number of rotatable bonds is 8. The maximum absolute atomic E-state index is 14.9.